The fraction of sp³-hybridized carbons (Fsp3) is 0.250. The molecule has 0 bridgehead atoms. The molecule has 9 heteroatoms. The number of nitrogens with one attached hydrogen (secondary N) is 2. The van der Waals surface area contributed by atoms with E-state index in [1.165, 1.54) is 0 Å². The second-order valence-electron chi connectivity index (χ2n) is 10.2. The molecule has 2 atom stereocenters. The number of aromatic nitrogens is 1. The van der Waals surface area contributed by atoms with Crippen LogP contribution in [0.3, 0.4) is 0 Å². The number of carbonyl (C=O) groups excluding carboxylic acids is 3. The molecule has 1 aromatic heterocycles. The van der Waals surface area contributed by atoms with Crippen LogP contribution >= 0.6 is 0 Å². The van der Waals surface area contributed by atoms with Crippen LogP contribution in [0.1, 0.15) is 44.8 Å². The van der Waals surface area contributed by atoms with E-state index in [-0.39, 0.29) is 36.7 Å². The highest BCUT2D eigenvalue weighted by atomic mass is 16.5. The van der Waals surface area contributed by atoms with Gasteiger partial charge in [-0.15, -0.1) is 0 Å². The molecule has 0 aliphatic carbocycles. The van der Waals surface area contributed by atoms with Crippen LogP contribution in [0.5, 0.6) is 5.75 Å². The number of benzene rings is 3. The van der Waals surface area contributed by atoms with E-state index in [2.05, 4.69) is 10.3 Å². The number of piperidine rings is 1. The molecule has 0 saturated carbocycles. The molecule has 41 heavy (non-hydrogen) atoms. The van der Waals surface area contributed by atoms with Gasteiger partial charge in [0.2, 0.25) is 5.91 Å². The normalized spacial score (nSPS) is 16.7. The largest absolute Gasteiger partial charge is 0.489 e. The number of carbonyl (C=O) groups is 3. The maximum absolute atomic E-state index is 13.1. The first-order valence-corrected chi connectivity index (χ1v) is 13.6. The number of pyridine rings is 1. The van der Waals surface area contributed by atoms with E-state index < -0.39 is 5.91 Å². The number of hydrogen-bond donors (Lipinski definition) is 3. The van der Waals surface area contributed by atoms with E-state index >= 15 is 0 Å². The van der Waals surface area contributed by atoms with Gasteiger partial charge in [0.1, 0.15) is 12.4 Å². The van der Waals surface area contributed by atoms with Crippen molar-refractivity contribution in [2.24, 2.45) is 5.92 Å². The highest BCUT2D eigenvalue weighted by Crippen LogP contribution is 2.24. The molecule has 1 aliphatic rings. The average Bonchev–Trinajstić information content (AvgIpc) is 3.00. The van der Waals surface area contributed by atoms with E-state index in [1.807, 2.05) is 43.3 Å². The average molecular weight is 553 g/mol. The molecular weight excluding hydrogens is 520 g/mol. The Hall–Kier alpha value is -4.76. The number of rotatable bonds is 8. The van der Waals surface area contributed by atoms with Gasteiger partial charge in [0, 0.05) is 59.2 Å². The molecule has 0 radical (unpaired) electrons. The molecule has 3 aromatic carbocycles. The summed E-state index contributed by atoms with van der Waals surface area (Å²) in [6.07, 6.45) is 0.449. The predicted octanol–water partition coefficient (Wildman–Crippen LogP) is 4.28. The van der Waals surface area contributed by atoms with Gasteiger partial charge in [0.15, 0.2) is 0 Å². The first-order valence-electron chi connectivity index (χ1n) is 13.6. The maximum Gasteiger partial charge on any atom is 0.253 e. The van der Waals surface area contributed by atoms with Crippen LogP contribution < -0.4 is 15.5 Å². The van der Waals surface area contributed by atoms with Gasteiger partial charge in [-0.3, -0.25) is 24.6 Å². The van der Waals surface area contributed by atoms with E-state index in [0.29, 0.717) is 36.4 Å². The van der Waals surface area contributed by atoms with Crippen molar-refractivity contribution in [1.29, 1.82) is 0 Å². The summed E-state index contributed by atoms with van der Waals surface area (Å²) in [6.45, 7) is 3.04. The van der Waals surface area contributed by atoms with Crippen LogP contribution in [0.15, 0.2) is 84.9 Å². The lowest BCUT2D eigenvalue weighted by Crippen LogP contribution is -2.53. The lowest BCUT2D eigenvalue weighted by atomic mass is 9.88. The molecule has 0 spiro atoms. The third kappa shape index (κ3) is 6.70. The Morgan fingerprint density at radius 1 is 0.976 bits per heavy atom. The van der Waals surface area contributed by atoms with Crippen LogP contribution in [0, 0.1) is 12.8 Å². The summed E-state index contributed by atoms with van der Waals surface area (Å²) in [6, 6.07) is 25.4. The van der Waals surface area contributed by atoms with Gasteiger partial charge in [-0.25, -0.2) is 5.48 Å². The molecule has 3 N–H and O–H groups in total. The van der Waals surface area contributed by atoms with Gasteiger partial charge in [-0.2, -0.15) is 0 Å². The lowest BCUT2D eigenvalue weighted by Gasteiger charge is -2.38. The zero-order valence-electron chi connectivity index (χ0n) is 22.7. The van der Waals surface area contributed by atoms with Crippen molar-refractivity contribution in [3.8, 4) is 5.75 Å². The molecule has 3 amide bonds. The standard InChI is InChI=1S/C32H32N4O5/c1-21-17-25(27-9-5-6-10-29(27)33-21)20-41-26-13-11-22(12-14-26)31(38)34-28-15-16-36(19-24(28)18-30(37)35-40)32(39)23-7-3-2-4-8-23/h2-14,17,24,28,40H,15-16,18-20H2,1H3,(H,34,38)(H,35,37)/t24-,28+/m0/s1. The molecule has 0 unspecified atom stereocenters. The van der Waals surface area contributed by atoms with Crippen molar-refractivity contribution in [3.05, 3.63) is 107 Å². The van der Waals surface area contributed by atoms with E-state index in [4.69, 9.17) is 9.94 Å². The lowest BCUT2D eigenvalue weighted by molar-refractivity contribution is -0.130. The number of aryl methyl sites for hydroxylation is 1. The first kappa shape index (κ1) is 27.8. The van der Waals surface area contributed by atoms with Crippen molar-refractivity contribution >= 4 is 28.6 Å². The summed E-state index contributed by atoms with van der Waals surface area (Å²) < 4.78 is 6.02. The Kier molecular flexibility index (Phi) is 8.55. The summed E-state index contributed by atoms with van der Waals surface area (Å²) in [5.74, 6) is -0.717. The molecular formula is C32H32N4O5. The molecule has 1 saturated heterocycles. The third-order valence-electron chi connectivity index (χ3n) is 7.37. The summed E-state index contributed by atoms with van der Waals surface area (Å²) in [7, 11) is 0. The summed E-state index contributed by atoms with van der Waals surface area (Å²) in [4.78, 5) is 44.4. The molecule has 1 fully saturated rings. The summed E-state index contributed by atoms with van der Waals surface area (Å²) in [5, 5.41) is 13.2. The fourth-order valence-electron chi connectivity index (χ4n) is 5.29. The Bertz CT molecular complexity index is 1540. The maximum atomic E-state index is 13.1. The van der Waals surface area contributed by atoms with E-state index in [9.17, 15) is 14.4 Å². The van der Waals surface area contributed by atoms with Crippen LogP contribution in [-0.4, -0.2) is 51.9 Å². The SMILES string of the molecule is Cc1cc(COc2ccc(C(=O)N[C@@H]3CCN(C(=O)c4ccccc4)C[C@@H]3CC(=O)NO)cc2)c2ccccc2n1. The molecule has 5 rings (SSSR count). The van der Waals surface area contributed by atoms with Crippen molar-refractivity contribution in [3.63, 3.8) is 0 Å². The number of ether oxygens (including phenoxy) is 1. The van der Waals surface area contributed by atoms with Gasteiger partial charge in [-0.05, 0) is 61.9 Å². The Balaban J connectivity index is 1.22. The van der Waals surface area contributed by atoms with Crippen LogP contribution in [0.25, 0.3) is 10.9 Å². The number of hydrogen-bond acceptors (Lipinski definition) is 6. The predicted molar refractivity (Wildman–Crippen MR) is 154 cm³/mol. The van der Waals surface area contributed by atoms with Crippen LogP contribution in [-0.2, 0) is 11.4 Å². The molecule has 4 aromatic rings. The summed E-state index contributed by atoms with van der Waals surface area (Å²) >= 11 is 0. The minimum Gasteiger partial charge on any atom is -0.489 e. The summed E-state index contributed by atoms with van der Waals surface area (Å²) in [5.41, 5.74) is 5.55. The smallest absolute Gasteiger partial charge is 0.253 e. The minimum absolute atomic E-state index is 0.0318. The van der Waals surface area contributed by atoms with E-state index in [0.717, 1.165) is 22.2 Å². The van der Waals surface area contributed by atoms with Gasteiger partial charge < -0.3 is 15.0 Å². The number of nitrogens with zero attached hydrogens (tertiary/aromatic N) is 2. The second kappa shape index (κ2) is 12.6. The monoisotopic (exact) mass is 552 g/mol. The molecule has 9 nitrogen and oxygen atoms in total. The number of amides is 3. The zero-order chi connectivity index (χ0) is 28.8. The first-order chi connectivity index (χ1) is 19.9. The topological polar surface area (TPSA) is 121 Å². The van der Waals surface area contributed by atoms with Crippen LogP contribution in [0.2, 0.25) is 0 Å². The number of hydroxylamine groups is 1. The van der Waals surface area contributed by atoms with Crippen LogP contribution in [0.4, 0.5) is 0 Å². The molecule has 1 aliphatic heterocycles. The number of likely N-dealkylation sites (tertiary alicyclic amines) is 1. The fourth-order valence-corrected chi connectivity index (χ4v) is 5.29. The minimum atomic E-state index is -0.568. The highest BCUT2D eigenvalue weighted by molar-refractivity contribution is 5.95. The third-order valence-corrected chi connectivity index (χ3v) is 7.37. The Morgan fingerprint density at radius 3 is 2.46 bits per heavy atom. The van der Waals surface area contributed by atoms with Crippen molar-refractivity contribution in [2.75, 3.05) is 13.1 Å². The zero-order valence-corrected chi connectivity index (χ0v) is 22.7. The Morgan fingerprint density at radius 2 is 1.71 bits per heavy atom. The Labute approximate surface area is 238 Å². The van der Waals surface area contributed by atoms with Gasteiger partial charge in [-0.1, -0.05) is 36.4 Å². The van der Waals surface area contributed by atoms with Crippen molar-refractivity contribution < 1.29 is 24.3 Å². The number of fused-ring (bicyclic) bond motifs is 1. The molecule has 210 valence electrons. The molecule has 2 heterocycles. The van der Waals surface area contributed by atoms with Gasteiger partial charge in [0.25, 0.3) is 11.8 Å². The van der Waals surface area contributed by atoms with Gasteiger partial charge >= 0.3 is 0 Å². The van der Waals surface area contributed by atoms with Gasteiger partial charge in [0.05, 0.1) is 5.52 Å². The number of para-hydroxylation sites is 1. The van der Waals surface area contributed by atoms with E-state index in [1.54, 1.807) is 58.9 Å². The van der Waals surface area contributed by atoms with Crippen molar-refractivity contribution in [2.45, 2.75) is 32.4 Å². The highest BCUT2D eigenvalue weighted by Gasteiger charge is 2.34. The van der Waals surface area contributed by atoms with Crippen molar-refractivity contribution in [1.82, 2.24) is 20.7 Å². The quantitative estimate of drug-likeness (QED) is 0.222. The second-order valence-corrected chi connectivity index (χ2v) is 10.2.